The minimum Gasteiger partial charge on any atom is -0.334 e. The molecule has 1 aliphatic rings. The summed E-state index contributed by atoms with van der Waals surface area (Å²) in [5, 5.41) is 2.89. The molecule has 4 heteroatoms. The van der Waals surface area contributed by atoms with Gasteiger partial charge >= 0.3 is 0 Å². The van der Waals surface area contributed by atoms with Gasteiger partial charge in [-0.05, 0) is 43.2 Å². The molecule has 0 N–H and O–H groups in total. The van der Waals surface area contributed by atoms with Crippen LogP contribution in [0.25, 0.3) is 0 Å². The van der Waals surface area contributed by atoms with Crippen LogP contribution in [0.1, 0.15) is 34.5 Å². The second-order valence-electron chi connectivity index (χ2n) is 4.24. The largest absolute Gasteiger partial charge is 0.334 e. The Morgan fingerprint density at radius 2 is 2.44 bits per heavy atom. The lowest BCUT2D eigenvalue weighted by atomic mass is 10.0. The van der Waals surface area contributed by atoms with E-state index in [2.05, 4.69) is 15.9 Å². The summed E-state index contributed by atoms with van der Waals surface area (Å²) < 4.78 is 0. The van der Waals surface area contributed by atoms with Crippen molar-refractivity contribution in [3.63, 3.8) is 0 Å². The summed E-state index contributed by atoms with van der Waals surface area (Å²) in [7, 11) is 0. The molecule has 0 radical (unpaired) electrons. The first-order chi connectivity index (χ1) is 7.74. The molecule has 0 saturated carbocycles. The average molecular weight is 302 g/mol. The van der Waals surface area contributed by atoms with Crippen molar-refractivity contribution in [2.45, 2.75) is 32.2 Å². The zero-order valence-corrected chi connectivity index (χ0v) is 11.8. The monoisotopic (exact) mass is 301 g/mol. The lowest BCUT2D eigenvalue weighted by molar-refractivity contribution is 0.0646. The molecule has 0 spiro atoms. The highest BCUT2D eigenvalue weighted by Gasteiger charge is 2.27. The summed E-state index contributed by atoms with van der Waals surface area (Å²) in [5.41, 5.74) is 1.11. The predicted molar refractivity (Wildman–Crippen MR) is 71.5 cm³/mol. The normalized spacial score (nSPS) is 21.1. The first-order valence-electron chi connectivity index (χ1n) is 5.65. The van der Waals surface area contributed by atoms with E-state index in [-0.39, 0.29) is 5.91 Å². The molecular weight excluding hydrogens is 286 g/mol. The molecule has 1 unspecified atom stereocenters. The van der Waals surface area contributed by atoms with Gasteiger partial charge in [-0.15, -0.1) is 11.3 Å². The zero-order chi connectivity index (χ0) is 11.5. The highest BCUT2D eigenvalue weighted by Crippen LogP contribution is 2.24. The number of aryl methyl sites for hydroxylation is 1. The van der Waals surface area contributed by atoms with Crippen LogP contribution in [0.5, 0.6) is 0 Å². The number of alkyl halides is 1. The summed E-state index contributed by atoms with van der Waals surface area (Å²) in [4.78, 5) is 15.3. The number of piperidine rings is 1. The average Bonchev–Trinajstić information content (AvgIpc) is 2.74. The van der Waals surface area contributed by atoms with Crippen molar-refractivity contribution in [2.24, 2.45) is 0 Å². The number of hydrogen-bond donors (Lipinski definition) is 0. The maximum absolute atomic E-state index is 12.4. The molecule has 1 saturated heterocycles. The van der Waals surface area contributed by atoms with Crippen molar-refractivity contribution in [2.75, 3.05) is 11.9 Å². The van der Waals surface area contributed by atoms with E-state index in [1.54, 1.807) is 11.3 Å². The summed E-state index contributed by atoms with van der Waals surface area (Å²) >= 11 is 5.07. The number of nitrogens with zero attached hydrogens (tertiary/aromatic N) is 1. The Morgan fingerprint density at radius 3 is 3.06 bits per heavy atom. The molecule has 1 aromatic heterocycles. The van der Waals surface area contributed by atoms with E-state index in [0.29, 0.717) is 6.04 Å². The molecule has 16 heavy (non-hydrogen) atoms. The fraction of sp³-hybridized carbons (Fsp3) is 0.583. The third-order valence-electron chi connectivity index (χ3n) is 3.12. The first-order valence-corrected chi connectivity index (χ1v) is 7.65. The van der Waals surface area contributed by atoms with Crippen molar-refractivity contribution in [1.29, 1.82) is 0 Å². The van der Waals surface area contributed by atoms with Crippen LogP contribution in [0.2, 0.25) is 0 Å². The summed E-state index contributed by atoms with van der Waals surface area (Å²) in [6.07, 6.45) is 3.50. The maximum Gasteiger partial charge on any atom is 0.264 e. The van der Waals surface area contributed by atoms with Gasteiger partial charge in [-0.2, -0.15) is 0 Å². The van der Waals surface area contributed by atoms with Gasteiger partial charge in [-0.1, -0.05) is 15.9 Å². The Labute approximate surface area is 109 Å². The molecule has 2 nitrogen and oxygen atoms in total. The number of rotatable bonds is 2. The minimum absolute atomic E-state index is 0.219. The van der Waals surface area contributed by atoms with Crippen LogP contribution >= 0.6 is 27.3 Å². The minimum atomic E-state index is 0.219. The second kappa shape index (κ2) is 5.32. The Kier molecular flexibility index (Phi) is 4.03. The number of thiophene rings is 1. The van der Waals surface area contributed by atoms with Gasteiger partial charge in [-0.3, -0.25) is 4.79 Å². The van der Waals surface area contributed by atoms with Gasteiger partial charge in [-0.25, -0.2) is 0 Å². The summed E-state index contributed by atoms with van der Waals surface area (Å²) in [6.45, 7) is 2.92. The van der Waals surface area contributed by atoms with Crippen LogP contribution in [0.4, 0.5) is 0 Å². The molecule has 0 aromatic carbocycles. The van der Waals surface area contributed by atoms with Crippen LogP contribution < -0.4 is 0 Å². The van der Waals surface area contributed by atoms with Crippen molar-refractivity contribution in [1.82, 2.24) is 4.90 Å². The first kappa shape index (κ1) is 12.1. The number of halogens is 1. The van der Waals surface area contributed by atoms with Crippen molar-refractivity contribution in [3.8, 4) is 0 Å². The van der Waals surface area contributed by atoms with E-state index in [1.807, 2.05) is 23.3 Å². The molecule has 1 amide bonds. The fourth-order valence-electron chi connectivity index (χ4n) is 2.15. The topological polar surface area (TPSA) is 20.3 Å². The van der Waals surface area contributed by atoms with Gasteiger partial charge in [0.05, 0.1) is 4.88 Å². The molecule has 1 aliphatic heterocycles. The Morgan fingerprint density at radius 1 is 1.62 bits per heavy atom. The molecule has 1 fully saturated rings. The van der Waals surface area contributed by atoms with Crippen LogP contribution in [-0.2, 0) is 0 Å². The van der Waals surface area contributed by atoms with Crippen LogP contribution in [0, 0.1) is 6.92 Å². The van der Waals surface area contributed by atoms with Crippen molar-refractivity contribution in [3.05, 3.63) is 21.9 Å². The van der Waals surface area contributed by atoms with E-state index >= 15 is 0 Å². The van der Waals surface area contributed by atoms with Gasteiger partial charge in [0.1, 0.15) is 0 Å². The third-order valence-corrected chi connectivity index (χ3v) is 4.87. The van der Waals surface area contributed by atoms with Crippen LogP contribution in [0.3, 0.4) is 0 Å². The standard InChI is InChI=1S/C12H16BrNOS/c1-9-5-7-16-11(9)12(15)14-6-3-2-4-10(14)8-13/h5,7,10H,2-4,6,8H2,1H3. The van der Waals surface area contributed by atoms with Crippen molar-refractivity contribution >= 4 is 33.2 Å². The summed E-state index contributed by atoms with van der Waals surface area (Å²) in [6, 6.07) is 2.40. The highest BCUT2D eigenvalue weighted by atomic mass is 79.9. The molecule has 0 aliphatic carbocycles. The Bertz CT molecular complexity index is 377. The van der Waals surface area contributed by atoms with Crippen LogP contribution in [-0.4, -0.2) is 28.7 Å². The Balaban J connectivity index is 2.17. The quantitative estimate of drug-likeness (QED) is 0.766. The lowest BCUT2D eigenvalue weighted by Crippen LogP contribution is -2.44. The summed E-state index contributed by atoms with van der Waals surface area (Å²) in [5.74, 6) is 0.219. The SMILES string of the molecule is Cc1ccsc1C(=O)N1CCCCC1CBr. The van der Waals surface area contributed by atoms with Gasteiger partial charge < -0.3 is 4.90 Å². The van der Waals surface area contributed by atoms with Gasteiger partial charge in [0.2, 0.25) is 0 Å². The maximum atomic E-state index is 12.4. The van der Waals surface area contributed by atoms with Gasteiger partial charge in [0.25, 0.3) is 5.91 Å². The third kappa shape index (κ3) is 2.33. The van der Waals surface area contributed by atoms with E-state index in [4.69, 9.17) is 0 Å². The van der Waals surface area contributed by atoms with E-state index in [0.717, 1.165) is 35.2 Å². The van der Waals surface area contributed by atoms with E-state index in [9.17, 15) is 4.79 Å². The number of hydrogen-bond acceptors (Lipinski definition) is 2. The molecule has 2 rings (SSSR count). The Hall–Kier alpha value is -0.350. The number of carbonyl (C=O) groups is 1. The molecule has 88 valence electrons. The number of likely N-dealkylation sites (tertiary alicyclic amines) is 1. The van der Waals surface area contributed by atoms with E-state index in [1.165, 1.54) is 6.42 Å². The molecule has 1 atom stereocenters. The van der Waals surface area contributed by atoms with Crippen molar-refractivity contribution < 1.29 is 4.79 Å². The van der Waals surface area contributed by atoms with Gasteiger partial charge in [0.15, 0.2) is 0 Å². The number of carbonyl (C=O) groups excluding carboxylic acids is 1. The number of amides is 1. The highest BCUT2D eigenvalue weighted by molar-refractivity contribution is 9.09. The zero-order valence-electron chi connectivity index (χ0n) is 9.41. The fourth-order valence-corrected chi connectivity index (χ4v) is 3.70. The molecule has 2 heterocycles. The lowest BCUT2D eigenvalue weighted by Gasteiger charge is -2.34. The predicted octanol–water partition coefficient (Wildman–Crippen LogP) is 3.45. The second-order valence-corrected chi connectivity index (χ2v) is 5.80. The molecular formula is C12H16BrNOS. The molecule has 0 bridgehead atoms. The van der Waals surface area contributed by atoms with Gasteiger partial charge in [0, 0.05) is 17.9 Å². The smallest absolute Gasteiger partial charge is 0.264 e. The van der Waals surface area contributed by atoms with E-state index < -0.39 is 0 Å². The molecule has 1 aromatic rings. The van der Waals surface area contributed by atoms with Crippen LogP contribution in [0.15, 0.2) is 11.4 Å².